The van der Waals surface area contributed by atoms with E-state index in [1.807, 2.05) is 18.2 Å². The summed E-state index contributed by atoms with van der Waals surface area (Å²) in [5.41, 5.74) is 1.20. The second-order valence-electron chi connectivity index (χ2n) is 4.11. The molecule has 1 heterocycles. The van der Waals surface area contributed by atoms with Crippen LogP contribution in [0, 0.1) is 0 Å². The van der Waals surface area contributed by atoms with Gasteiger partial charge in [0.05, 0.1) is 13.7 Å². The maximum atomic E-state index is 5.43. The highest BCUT2D eigenvalue weighted by molar-refractivity contribution is 5.33. The summed E-state index contributed by atoms with van der Waals surface area (Å²) in [6.07, 6.45) is 2.36. The lowest BCUT2D eigenvalue weighted by atomic mass is 10.1. The maximum absolute atomic E-state index is 5.43. The fraction of sp³-hybridized carbons (Fsp3) is 0.538. The topological polar surface area (TPSA) is 30.5 Å². The predicted molar refractivity (Wildman–Crippen MR) is 63.7 cm³/mol. The molecule has 0 radical (unpaired) electrons. The molecule has 1 saturated heterocycles. The smallest absolute Gasteiger partial charge is 0.123 e. The minimum absolute atomic E-state index is 0.485. The zero-order valence-corrected chi connectivity index (χ0v) is 9.74. The number of rotatable bonds is 4. The van der Waals surface area contributed by atoms with Crippen molar-refractivity contribution in [2.24, 2.45) is 0 Å². The van der Waals surface area contributed by atoms with E-state index in [9.17, 15) is 0 Å². The molecule has 88 valence electrons. The van der Waals surface area contributed by atoms with Crippen LogP contribution in [0.15, 0.2) is 24.3 Å². The molecular weight excluding hydrogens is 202 g/mol. The van der Waals surface area contributed by atoms with Crippen LogP contribution < -0.4 is 10.1 Å². The van der Waals surface area contributed by atoms with Crippen LogP contribution in [-0.4, -0.2) is 26.4 Å². The van der Waals surface area contributed by atoms with E-state index in [2.05, 4.69) is 11.4 Å². The molecule has 1 aromatic rings. The van der Waals surface area contributed by atoms with E-state index in [0.29, 0.717) is 6.04 Å². The Labute approximate surface area is 96.8 Å². The van der Waals surface area contributed by atoms with Gasteiger partial charge in [0, 0.05) is 24.8 Å². The van der Waals surface area contributed by atoms with Crippen molar-refractivity contribution in [3.05, 3.63) is 29.8 Å². The molecule has 0 aromatic heterocycles. The van der Waals surface area contributed by atoms with Gasteiger partial charge in [0.2, 0.25) is 0 Å². The SMILES string of the molecule is COc1ccccc1CNC1CCCOC1. The average Bonchev–Trinajstić information content (AvgIpc) is 2.38. The molecule has 1 unspecified atom stereocenters. The Hall–Kier alpha value is -1.06. The van der Waals surface area contributed by atoms with E-state index in [1.54, 1.807) is 7.11 Å². The lowest BCUT2D eigenvalue weighted by Crippen LogP contribution is -2.36. The second kappa shape index (κ2) is 5.87. The Morgan fingerprint density at radius 2 is 2.31 bits per heavy atom. The Kier molecular flexibility index (Phi) is 4.19. The number of ether oxygens (including phenoxy) is 2. The van der Waals surface area contributed by atoms with Crippen LogP contribution in [0.1, 0.15) is 18.4 Å². The van der Waals surface area contributed by atoms with Gasteiger partial charge in [-0.3, -0.25) is 0 Å². The van der Waals surface area contributed by atoms with Crippen molar-refractivity contribution >= 4 is 0 Å². The standard InChI is InChI=1S/C13H19NO2/c1-15-13-7-3-2-5-11(13)9-14-12-6-4-8-16-10-12/h2-3,5,7,12,14H,4,6,8-10H2,1H3. The molecule has 0 aliphatic carbocycles. The van der Waals surface area contributed by atoms with Crippen LogP contribution in [0.4, 0.5) is 0 Å². The molecule has 0 spiro atoms. The monoisotopic (exact) mass is 221 g/mol. The lowest BCUT2D eigenvalue weighted by Gasteiger charge is -2.23. The number of methoxy groups -OCH3 is 1. The van der Waals surface area contributed by atoms with Gasteiger partial charge in [-0.15, -0.1) is 0 Å². The van der Waals surface area contributed by atoms with Crippen molar-refractivity contribution < 1.29 is 9.47 Å². The van der Waals surface area contributed by atoms with Gasteiger partial charge in [0.15, 0.2) is 0 Å². The van der Waals surface area contributed by atoms with E-state index in [1.165, 1.54) is 12.0 Å². The van der Waals surface area contributed by atoms with Gasteiger partial charge >= 0.3 is 0 Å². The molecule has 1 aliphatic heterocycles. The van der Waals surface area contributed by atoms with E-state index >= 15 is 0 Å². The van der Waals surface area contributed by atoms with Crippen LogP contribution in [0.5, 0.6) is 5.75 Å². The molecule has 16 heavy (non-hydrogen) atoms. The zero-order valence-electron chi connectivity index (χ0n) is 9.74. The Bertz CT molecular complexity index is 321. The van der Waals surface area contributed by atoms with Gasteiger partial charge in [-0.1, -0.05) is 18.2 Å². The van der Waals surface area contributed by atoms with Gasteiger partial charge in [0.25, 0.3) is 0 Å². The van der Waals surface area contributed by atoms with E-state index in [0.717, 1.165) is 31.9 Å². The van der Waals surface area contributed by atoms with Crippen molar-refractivity contribution in [1.29, 1.82) is 0 Å². The van der Waals surface area contributed by atoms with Crippen LogP contribution in [0.2, 0.25) is 0 Å². The van der Waals surface area contributed by atoms with E-state index in [4.69, 9.17) is 9.47 Å². The largest absolute Gasteiger partial charge is 0.496 e. The molecule has 2 rings (SSSR count). The third-order valence-electron chi connectivity index (χ3n) is 2.93. The van der Waals surface area contributed by atoms with Crippen molar-refractivity contribution in [1.82, 2.24) is 5.32 Å². The third kappa shape index (κ3) is 2.97. The van der Waals surface area contributed by atoms with Crippen molar-refractivity contribution in [2.75, 3.05) is 20.3 Å². The van der Waals surface area contributed by atoms with Crippen LogP contribution in [-0.2, 0) is 11.3 Å². The first-order valence-electron chi connectivity index (χ1n) is 5.83. The minimum Gasteiger partial charge on any atom is -0.496 e. The summed E-state index contributed by atoms with van der Waals surface area (Å²) in [5, 5.41) is 3.51. The van der Waals surface area contributed by atoms with Gasteiger partial charge < -0.3 is 14.8 Å². The quantitative estimate of drug-likeness (QED) is 0.843. The second-order valence-corrected chi connectivity index (χ2v) is 4.11. The highest BCUT2D eigenvalue weighted by Gasteiger charge is 2.13. The molecule has 1 N–H and O–H groups in total. The predicted octanol–water partition coefficient (Wildman–Crippen LogP) is 1.96. The molecule has 0 amide bonds. The van der Waals surface area contributed by atoms with Crippen molar-refractivity contribution in [3.8, 4) is 5.75 Å². The Balaban J connectivity index is 1.88. The number of para-hydroxylation sites is 1. The molecule has 0 bridgehead atoms. The summed E-state index contributed by atoms with van der Waals surface area (Å²) in [7, 11) is 1.71. The number of nitrogens with one attached hydrogen (secondary N) is 1. The molecule has 1 aliphatic rings. The summed E-state index contributed by atoms with van der Waals surface area (Å²) < 4.78 is 10.7. The minimum atomic E-state index is 0.485. The molecule has 3 heteroatoms. The molecular formula is C13H19NO2. The van der Waals surface area contributed by atoms with Crippen molar-refractivity contribution in [2.45, 2.75) is 25.4 Å². The first-order chi connectivity index (χ1) is 7.90. The average molecular weight is 221 g/mol. The first kappa shape index (κ1) is 11.4. The molecule has 1 aromatic carbocycles. The summed E-state index contributed by atoms with van der Waals surface area (Å²) in [6.45, 7) is 2.58. The van der Waals surface area contributed by atoms with Gasteiger partial charge in [-0.2, -0.15) is 0 Å². The highest BCUT2D eigenvalue weighted by Crippen LogP contribution is 2.17. The van der Waals surface area contributed by atoms with Crippen molar-refractivity contribution in [3.63, 3.8) is 0 Å². The fourth-order valence-electron chi connectivity index (χ4n) is 2.01. The molecule has 0 saturated carbocycles. The Morgan fingerprint density at radius 3 is 3.06 bits per heavy atom. The normalized spacial score (nSPS) is 20.7. The summed E-state index contributed by atoms with van der Waals surface area (Å²) in [4.78, 5) is 0. The van der Waals surface area contributed by atoms with Crippen LogP contribution in [0.3, 0.4) is 0 Å². The summed E-state index contributed by atoms with van der Waals surface area (Å²) >= 11 is 0. The molecule has 1 atom stereocenters. The number of hydrogen-bond acceptors (Lipinski definition) is 3. The molecule has 1 fully saturated rings. The van der Waals surface area contributed by atoms with Crippen LogP contribution in [0.25, 0.3) is 0 Å². The van der Waals surface area contributed by atoms with Crippen LogP contribution >= 0.6 is 0 Å². The fourth-order valence-corrected chi connectivity index (χ4v) is 2.01. The third-order valence-corrected chi connectivity index (χ3v) is 2.93. The summed E-state index contributed by atoms with van der Waals surface area (Å²) in [6, 6.07) is 8.60. The molecule has 3 nitrogen and oxygen atoms in total. The lowest BCUT2D eigenvalue weighted by molar-refractivity contribution is 0.0699. The Morgan fingerprint density at radius 1 is 1.44 bits per heavy atom. The van der Waals surface area contributed by atoms with E-state index < -0.39 is 0 Å². The number of hydrogen-bond donors (Lipinski definition) is 1. The highest BCUT2D eigenvalue weighted by atomic mass is 16.5. The van der Waals surface area contributed by atoms with Gasteiger partial charge in [-0.25, -0.2) is 0 Å². The van der Waals surface area contributed by atoms with Gasteiger partial charge in [-0.05, 0) is 18.9 Å². The summed E-state index contributed by atoms with van der Waals surface area (Å²) in [5.74, 6) is 0.951. The zero-order chi connectivity index (χ0) is 11.2. The number of benzene rings is 1. The van der Waals surface area contributed by atoms with E-state index in [-0.39, 0.29) is 0 Å². The first-order valence-corrected chi connectivity index (χ1v) is 5.83. The maximum Gasteiger partial charge on any atom is 0.123 e. The van der Waals surface area contributed by atoms with Gasteiger partial charge in [0.1, 0.15) is 5.75 Å².